The molecular weight excluding hydrogens is 704 g/mol. The number of carbonyl (C=O) groups excluding carboxylic acids is 5. The predicted octanol–water partition coefficient (Wildman–Crippen LogP) is 8.49. The summed E-state index contributed by atoms with van der Waals surface area (Å²) >= 11 is 0. The Morgan fingerprint density at radius 3 is 1.82 bits per heavy atom. The Labute approximate surface area is 320 Å². The second kappa shape index (κ2) is 22.2. The predicted molar refractivity (Wildman–Crippen MR) is 207 cm³/mol. The smallest absolute Gasteiger partial charge is 0.343 e. The van der Waals surface area contributed by atoms with E-state index in [2.05, 4.69) is 13.5 Å². The van der Waals surface area contributed by atoms with Gasteiger partial charge in [-0.05, 0) is 96.4 Å². The summed E-state index contributed by atoms with van der Waals surface area (Å²) in [7, 11) is 0. The van der Waals surface area contributed by atoms with E-state index in [0.29, 0.717) is 55.3 Å². The van der Waals surface area contributed by atoms with Gasteiger partial charge in [-0.2, -0.15) is 0 Å². The van der Waals surface area contributed by atoms with Crippen molar-refractivity contribution in [3.63, 3.8) is 0 Å². The van der Waals surface area contributed by atoms with Crippen molar-refractivity contribution >= 4 is 46.7 Å². The third-order valence-corrected chi connectivity index (χ3v) is 8.04. The number of hydrogen-bond acceptors (Lipinski definition) is 11. The van der Waals surface area contributed by atoms with Gasteiger partial charge in [-0.25, -0.2) is 24.0 Å². The van der Waals surface area contributed by atoms with E-state index in [1.807, 2.05) is 0 Å². The summed E-state index contributed by atoms with van der Waals surface area (Å²) in [5.74, 6) is -1.85. The van der Waals surface area contributed by atoms with E-state index in [1.165, 1.54) is 30.3 Å². The molecule has 0 unspecified atom stereocenters. The van der Waals surface area contributed by atoms with Crippen LogP contribution in [0.2, 0.25) is 0 Å². The summed E-state index contributed by atoms with van der Waals surface area (Å²) in [5, 5.41) is 1.48. The Balaban J connectivity index is 1.19. The zero-order valence-corrected chi connectivity index (χ0v) is 31.2. The molecule has 0 aromatic heterocycles. The van der Waals surface area contributed by atoms with Crippen molar-refractivity contribution < 1.29 is 52.4 Å². The van der Waals surface area contributed by atoms with Gasteiger partial charge < -0.3 is 28.4 Å². The Morgan fingerprint density at radius 2 is 1.13 bits per heavy atom. The molecule has 0 bridgehead atoms. The van der Waals surface area contributed by atoms with Gasteiger partial charge in [0.15, 0.2) is 0 Å². The Hall–Kier alpha value is -6.07. The molecule has 0 aliphatic rings. The maximum Gasteiger partial charge on any atom is 0.343 e. The highest BCUT2D eigenvalue weighted by Crippen LogP contribution is 2.24. The lowest BCUT2D eigenvalue weighted by Gasteiger charge is -2.09. The average Bonchev–Trinajstić information content (AvgIpc) is 3.19. The van der Waals surface area contributed by atoms with Crippen LogP contribution < -0.4 is 9.47 Å². The molecule has 0 saturated carbocycles. The topological polar surface area (TPSA) is 141 Å². The molecule has 11 heteroatoms. The lowest BCUT2D eigenvalue weighted by Crippen LogP contribution is -2.11. The summed E-state index contributed by atoms with van der Waals surface area (Å²) in [6.45, 7) is 8.82. The van der Waals surface area contributed by atoms with Crippen LogP contribution in [0.5, 0.6) is 11.5 Å². The maximum absolute atomic E-state index is 12.9. The van der Waals surface area contributed by atoms with E-state index < -0.39 is 29.8 Å². The molecule has 0 radical (unpaired) electrons. The van der Waals surface area contributed by atoms with Gasteiger partial charge in [-0.3, -0.25) is 0 Å². The van der Waals surface area contributed by atoms with Crippen LogP contribution in [0, 0.1) is 0 Å². The third-order valence-electron chi connectivity index (χ3n) is 8.04. The van der Waals surface area contributed by atoms with Crippen molar-refractivity contribution in [1.29, 1.82) is 0 Å². The summed E-state index contributed by atoms with van der Waals surface area (Å²) in [4.78, 5) is 61.4. The molecular formula is C44H46O11. The van der Waals surface area contributed by atoms with E-state index in [-0.39, 0.29) is 24.3 Å². The SMILES string of the molecule is C=C(C)C(=O)OCCCOCCCOC(=O)c1ccc(C(=O)Oc2ccc3cc(C(=O)Oc4ccc(/C=C/C(=O)OCCCCCC)cc4)ccc3c2)cc1. The van der Waals surface area contributed by atoms with Crippen molar-refractivity contribution in [3.8, 4) is 11.5 Å². The lowest BCUT2D eigenvalue weighted by molar-refractivity contribution is -0.139. The molecule has 0 spiro atoms. The molecule has 0 aliphatic heterocycles. The summed E-state index contributed by atoms with van der Waals surface area (Å²) < 4.78 is 32.0. The molecule has 4 aromatic carbocycles. The van der Waals surface area contributed by atoms with Gasteiger partial charge in [0.2, 0.25) is 0 Å². The molecule has 0 fully saturated rings. The minimum absolute atomic E-state index is 0.158. The molecule has 4 rings (SSSR count). The normalized spacial score (nSPS) is 10.9. The van der Waals surface area contributed by atoms with Crippen molar-refractivity contribution in [2.24, 2.45) is 0 Å². The van der Waals surface area contributed by atoms with Crippen LogP contribution in [-0.2, 0) is 28.5 Å². The molecule has 0 N–H and O–H groups in total. The van der Waals surface area contributed by atoms with Gasteiger partial charge in [0.05, 0.1) is 36.5 Å². The standard InChI is InChI=1S/C44H46O11/c1-4-5-6-7-26-51-40(45)23-12-32-10-20-38(21-11-32)54-44(49)37-18-17-36-30-39(22-19-35(36)29-37)55-43(48)34-15-13-33(14-16-34)42(47)53-28-9-25-50-24-8-27-52-41(46)31(2)3/h10-23,29-30H,2,4-9,24-28H2,1,3H3/b23-12+. The Bertz CT molecular complexity index is 1960. The zero-order valence-electron chi connectivity index (χ0n) is 31.2. The minimum atomic E-state index is -0.606. The number of fused-ring (bicyclic) bond motifs is 1. The highest BCUT2D eigenvalue weighted by atomic mass is 16.6. The minimum Gasteiger partial charge on any atom is -0.463 e. The Morgan fingerprint density at radius 1 is 0.564 bits per heavy atom. The van der Waals surface area contributed by atoms with Gasteiger partial charge in [0, 0.05) is 37.7 Å². The van der Waals surface area contributed by atoms with Crippen molar-refractivity contribution in [2.75, 3.05) is 33.0 Å². The largest absolute Gasteiger partial charge is 0.463 e. The van der Waals surface area contributed by atoms with Crippen LogP contribution in [0.1, 0.15) is 89.0 Å². The first kappa shape index (κ1) is 41.7. The monoisotopic (exact) mass is 750 g/mol. The Kier molecular flexibility index (Phi) is 16.8. The average molecular weight is 751 g/mol. The third kappa shape index (κ3) is 14.4. The van der Waals surface area contributed by atoms with E-state index in [0.717, 1.165) is 42.0 Å². The van der Waals surface area contributed by atoms with Gasteiger partial charge in [-0.15, -0.1) is 0 Å². The molecule has 0 amide bonds. The fraction of sp³-hybridized carbons (Fsp3) is 0.295. The lowest BCUT2D eigenvalue weighted by atomic mass is 10.1. The van der Waals surface area contributed by atoms with E-state index in [9.17, 15) is 24.0 Å². The number of carbonyl (C=O) groups is 5. The van der Waals surface area contributed by atoms with Crippen molar-refractivity contribution in [2.45, 2.75) is 52.4 Å². The number of benzene rings is 4. The summed E-state index contributed by atoms with van der Waals surface area (Å²) in [6.07, 6.45) is 8.19. The van der Waals surface area contributed by atoms with Gasteiger partial charge in [0.1, 0.15) is 11.5 Å². The van der Waals surface area contributed by atoms with E-state index >= 15 is 0 Å². The highest BCUT2D eigenvalue weighted by Gasteiger charge is 2.14. The van der Waals surface area contributed by atoms with Crippen LogP contribution >= 0.6 is 0 Å². The molecule has 55 heavy (non-hydrogen) atoms. The summed E-state index contributed by atoms with van der Waals surface area (Å²) in [6, 6.07) is 22.8. The van der Waals surface area contributed by atoms with E-state index in [1.54, 1.807) is 73.7 Å². The van der Waals surface area contributed by atoms with Crippen LogP contribution in [0.3, 0.4) is 0 Å². The quantitative estimate of drug-likeness (QED) is 0.0266. The molecule has 288 valence electrons. The van der Waals surface area contributed by atoms with Crippen LogP contribution in [0.15, 0.2) is 103 Å². The fourth-order valence-electron chi connectivity index (χ4n) is 5.01. The zero-order chi connectivity index (χ0) is 39.4. The first-order chi connectivity index (χ1) is 26.6. The highest BCUT2D eigenvalue weighted by molar-refractivity contribution is 5.98. The van der Waals surface area contributed by atoms with Crippen LogP contribution in [-0.4, -0.2) is 62.9 Å². The number of hydrogen-bond donors (Lipinski definition) is 0. The van der Waals surface area contributed by atoms with Crippen molar-refractivity contribution in [3.05, 3.63) is 125 Å². The second-order valence-corrected chi connectivity index (χ2v) is 12.6. The summed E-state index contributed by atoms with van der Waals surface area (Å²) in [5.41, 5.74) is 1.97. The molecule has 11 nitrogen and oxygen atoms in total. The first-order valence-electron chi connectivity index (χ1n) is 18.2. The molecule has 0 atom stereocenters. The maximum atomic E-state index is 12.9. The molecule has 0 heterocycles. The second-order valence-electron chi connectivity index (χ2n) is 12.6. The fourth-order valence-corrected chi connectivity index (χ4v) is 5.01. The molecule has 4 aromatic rings. The van der Waals surface area contributed by atoms with Crippen LogP contribution in [0.4, 0.5) is 0 Å². The number of esters is 5. The van der Waals surface area contributed by atoms with Gasteiger partial charge in [-0.1, -0.05) is 57.0 Å². The van der Waals surface area contributed by atoms with Crippen molar-refractivity contribution in [1.82, 2.24) is 0 Å². The molecule has 0 aliphatic carbocycles. The number of rotatable bonds is 21. The van der Waals surface area contributed by atoms with Crippen LogP contribution in [0.25, 0.3) is 16.8 Å². The van der Waals surface area contributed by atoms with Gasteiger partial charge in [0.25, 0.3) is 0 Å². The molecule has 0 saturated heterocycles. The number of ether oxygens (including phenoxy) is 6. The van der Waals surface area contributed by atoms with Gasteiger partial charge >= 0.3 is 29.8 Å². The first-order valence-corrected chi connectivity index (χ1v) is 18.2. The van der Waals surface area contributed by atoms with E-state index in [4.69, 9.17) is 28.4 Å². The number of unbranched alkanes of at least 4 members (excludes halogenated alkanes) is 3.